The number of ketones is 1. The fourth-order valence-electron chi connectivity index (χ4n) is 2.77. The fourth-order valence-corrected chi connectivity index (χ4v) is 2.77. The highest BCUT2D eigenvalue weighted by Crippen LogP contribution is 2.32. The van der Waals surface area contributed by atoms with Crippen LogP contribution in [0.5, 0.6) is 0 Å². The second kappa shape index (κ2) is 5.47. The first-order valence-electron chi connectivity index (χ1n) is 7.27. The summed E-state index contributed by atoms with van der Waals surface area (Å²) in [7, 11) is 0. The normalized spacial score (nSPS) is 17.8. The summed E-state index contributed by atoms with van der Waals surface area (Å²) in [5.41, 5.74) is -0.0513. The van der Waals surface area contributed by atoms with Crippen LogP contribution in [0.4, 0.5) is 18.9 Å². The summed E-state index contributed by atoms with van der Waals surface area (Å²) in [4.78, 5) is 25.8. The standard InChI is InChI=1S/C16H14F3N3O2/c1-9-8-21(12-5-3-11(4-6-12)16(17,18)19)15(24)14-13(10(2)23)7-20-22(9)14/h3-7,9H,8H2,1-2H3/t9-/m0/s1. The molecule has 1 aromatic carbocycles. The highest BCUT2D eigenvalue weighted by atomic mass is 19.4. The van der Waals surface area contributed by atoms with E-state index in [2.05, 4.69) is 5.10 Å². The van der Waals surface area contributed by atoms with E-state index in [9.17, 15) is 22.8 Å². The molecule has 126 valence electrons. The summed E-state index contributed by atoms with van der Waals surface area (Å²) in [6.07, 6.45) is -3.08. The Bertz CT molecular complexity index is 809. The first-order valence-corrected chi connectivity index (χ1v) is 7.27. The number of fused-ring (bicyclic) bond motifs is 1. The third-order valence-electron chi connectivity index (χ3n) is 3.99. The third kappa shape index (κ3) is 2.57. The monoisotopic (exact) mass is 337 g/mol. The zero-order valence-electron chi connectivity index (χ0n) is 13.0. The smallest absolute Gasteiger partial charge is 0.305 e. The van der Waals surface area contributed by atoms with Crippen molar-refractivity contribution >= 4 is 17.4 Å². The van der Waals surface area contributed by atoms with E-state index in [1.165, 1.54) is 34.8 Å². The number of carbonyl (C=O) groups excluding carboxylic acids is 2. The van der Waals surface area contributed by atoms with Crippen LogP contribution < -0.4 is 4.90 Å². The predicted octanol–water partition coefficient (Wildman–Crippen LogP) is 3.33. The van der Waals surface area contributed by atoms with Gasteiger partial charge in [-0.1, -0.05) is 0 Å². The molecule has 0 fully saturated rings. The quantitative estimate of drug-likeness (QED) is 0.790. The van der Waals surface area contributed by atoms with Crippen molar-refractivity contribution in [1.82, 2.24) is 9.78 Å². The van der Waals surface area contributed by atoms with Crippen molar-refractivity contribution in [3.8, 4) is 0 Å². The summed E-state index contributed by atoms with van der Waals surface area (Å²) in [6.45, 7) is 3.42. The largest absolute Gasteiger partial charge is 0.416 e. The van der Waals surface area contributed by atoms with Gasteiger partial charge in [-0.3, -0.25) is 14.3 Å². The molecule has 1 aliphatic rings. The van der Waals surface area contributed by atoms with E-state index >= 15 is 0 Å². The van der Waals surface area contributed by atoms with Crippen molar-refractivity contribution in [3.63, 3.8) is 0 Å². The molecule has 0 radical (unpaired) electrons. The van der Waals surface area contributed by atoms with Gasteiger partial charge in [0.2, 0.25) is 0 Å². The Kier molecular flexibility index (Phi) is 3.70. The van der Waals surface area contributed by atoms with Gasteiger partial charge in [0.15, 0.2) is 5.78 Å². The molecule has 0 spiro atoms. The topological polar surface area (TPSA) is 55.2 Å². The molecule has 1 aromatic heterocycles. The van der Waals surface area contributed by atoms with E-state index in [-0.39, 0.29) is 29.6 Å². The maximum atomic E-state index is 12.7. The number of hydrogen-bond donors (Lipinski definition) is 0. The van der Waals surface area contributed by atoms with Crippen LogP contribution in [-0.2, 0) is 6.18 Å². The molecule has 0 aliphatic carbocycles. The number of alkyl halides is 3. The Labute approximate surface area is 135 Å². The molecule has 1 atom stereocenters. The number of aromatic nitrogens is 2. The SMILES string of the molecule is CC(=O)c1cnn2c1C(=O)N(c1ccc(C(F)(F)F)cc1)C[C@@H]2C. The maximum Gasteiger partial charge on any atom is 0.416 e. The average Bonchev–Trinajstić information content (AvgIpc) is 2.96. The van der Waals surface area contributed by atoms with Crippen molar-refractivity contribution in [1.29, 1.82) is 0 Å². The van der Waals surface area contributed by atoms with Crippen LogP contribution in [0.25, 0.3) is 0 Å². The van der Waals surface area contributed by atoms with Gasteiger partial charge in [-0.2, -0.15) is 18.3 Å². The number of amides is 1. The van der Waals surface area contributed by atoms with Crippen LogP contribution in [-0.4, -0.2) is 28.0 Å². The molecule has 3 rings (SSSR count). The number of hydrogen-bond acceptors (Lipinski definition) is 3. The number of Topliss-reactive ketones (excluding diaryl/α,β-unsaturated/α-hetero) is 1. The third-order valence-corrected chi connectivity index (χ3v) is 3.99. The van der Waals surface area contributed by atoms with Crippen molar-refractivity contribution in [3.05, 3.63) is 47.3 Å². The van der Waals surface area contributed by atoms with E-state index in [0.29, 0.717) is 5.69 Å². The summed E-state index contributed by atoms with van der Waals surface area (Å²) >= 11 is 0. The second-order valence-electron chi connectivity index (χ2n) is 5.72. The van der Waals surface area contributed by atoms with Gasteiger partial charge >= 0.3 is 6.18 Å². The highest BCUT2D eigenvalue weighted by Gasteiger charge is 2.35. The number of anilines is 1. The lowest BCUT2D eigenvalue weighted by molar-refractivity contribution is -0.137. The number of halogens is 3. The van der Waals surface area contributed by atoms with Gasteiger partial charge in [0, 0.05) is 12.2 Å². The summed E-state index contributed by atoms with van der Waals surface area (Å²) in [6, 6.07) is 4.18. The van der Waals surface area contributed by atoms with Gasteiger partial charge in [-0.05, 0) is 38.1 Å². The van der Waals surface area contributed by atoms with E-state index in [1.54, 1.807) is 0 Å². The molecule has 1 amide bonds. The van der Waals surface area contributed by atoms with Crippen molar-refractivity contribution in [2.45, 2.75) is 26.1 Å². The number of carbonyl (C=O) groups is 2. The minimum atomic E-state index is -4.43. The van der Waals surface area contributed by atoms with Gasteiger partial charge in [-0.15, -0.1) is 0 Å². The average molecular weight is 337 g/mol. The molecule has 0 bridgehead atoms. The van der Waals surface area contributed by atoms with Crippen LogP contribution in [0.1, 0.15) is 46.3 Å². The lowest BCUT2D eigenvalue weighted by Crippen LogP contribution is -2.43. The molecule has 0 N–H and O–H groups in total. The molecule has 0 saturated carbocycles. The van der Waals surface area contributed by atoms with E-state index < -0.39 is 17.6 Å². The first-order chi connectivity index (χ1) is 11.2. The second-order valence-corrected chi connectivity index (χ2v) is 5.72. The summed E-state index contributed by atoms with van der Waals surface area (Å²) in [5, 5.41) is 4.08. The molecule has 0 saturated heterocycles. The number of benzene rings is 1. The number of nitrogens with zero attached hydrogens (tertiary/aromatic N) is 3. The van der Waals surface area contributed by atoms with Crippen LogP contribution >= 0.6 is 0 Å². The molecule has 0 unspecified atom stereocenters. The van der Waals surface area contributed by atoms with Crippen molar-refractivity contribution in [2.75, 3.05) is 11.4 Å². The van der Waals surface area contributed by atoms with E-state index in [1.807, 2.05) is 6.92 Å². The van der Waals surface area contributed by atoms with Crippen LogP contribution in [0.3, 0.4) is 0 Å². The molecule has 2 aromatic rings. The highest BCUT2D eigenvalue weighted by molar-refractivity contribution is 6.12. The zero-order chi connectivity index (χ0) is 17.6. The predicted molar refractivity (Wildman–Crippen MR) is 80.1 cm³/mol. The van der Waals surface area contributed by atoms with E-state index in [0.717, 1.165) is 12.1 Å². The Morgan fingerprint density at radius 3 is 2.42 bits per heavy atom. The zero-order valence-corrected chi connectivity index (χ0v) is 13.0. The fraction of sp³-hybridized carbons (Fsp3) is 0.312. The van der Waals surface area contributed by atoms with Crippen LogP contribution in [0.2, 0.25) is 0 Å². The Morgan fingerprint density at radius 1 is 1.25 bits per heavy atom. The molecule has 5 nitrogen and oxygen atoms in total. The lowest BCUT2D eigenvalue weighted by atomic mass is 10.1. The van der Waals surface area contributed by atoms with Crippen molar-refractivity contribution < 1.29 is 22.8 Å². The van der Waals surface area contributed by atoms with Gasteiger partial charge < -0.3 is 4.90 Å². The van der Waals surface area contributed by atoms with Crippen LogP contribution in [0, 0.1) is 0 Å². The molecule has 24 heavy (non-hydrogen) atoms. The Balaban J connectivity index is 2.00. The molecule has 2 heterocycles. The first kappa shape index (κ1) is 16.2. The molecular weight excluding hydrogens is 323 g/mol. The number of rotatable bonds is 2. The minimum Gasteiger partial charge on any atom is -0.305 e. The lowest BCUT2D eigenvalue weighted by Gasteiger charge is -2.32. The molecule has 8 heteroatoms. The van der Waals surface area contributed by atoms with Crippen LogP contribution in [0.15, 0.2) is 30.5 Å². The minimum absolute atomic E-state index is 0.168. The molecular formula is C16H14F3N3O2. The van der Waals surface area contributed by atoms with Crippen molar-refractivity contribution in [2.24, 2.45) is 0 Å². The Hall–Kier alpha value is -2.64. The van der Waals surface area contributed by atoms with E-state index in [4.69, 9.17) is 0 Å². The maximum absolute atomic E-state index is 12.7. The summed E-state index contributed by atoms with van der Waals surface area (Å²) in [5.74, 6) is -0.735. The Morgan fingerprint density at radius 2 is 1.88 bits per heavy atom. The summed E-state index contributed by atoms with van der Waals surface area (Å²) < 4.78 is 39.5. The van der Waals surface area contributed by atoms with Gasteiger partial charge in [0.25, 0.3) is 5.91 Å². The molecule has 1 aliphatic heterocycles. The van der Waals surface area contributed by atoms with Gasteiger partial charge in [0.05, 0.1) is 23.4 Å². The van der Waals surface area contributed by atoms with Gasteiger partial charge in [0.1, 0.15) is 5.69 Å². The van der Waals surface area contributed by atoms with Gasteiger partial charge in [-0.25, -0.2) is 0 Å².